The summed E-state index contributed by atoms with van der Waals surface area (Å²) >= 11 is 3.43. The summed E-state index contributed by atoms with van der Waals surface area (Å²) in [6.07, 6.45) is -1.22. The van der Waals surface area contributed by atoms with Crippen molar-refractivity contribution in [1.29, 1.82) is 0 Å². The molecule has 0 aliphatic heterocycles. The van der Waals surface area contributed by atoms with Crippen LogP contribution in [0.15, 0.2) is 0 Å². The minimum Gasteiger partial charge on any atom is -0.479 e. The van der Waals surface area contributed by atoms with Gasteiger partial charge in [0.05, 0.1) is 0 Å². The van der Waals surface area contributed by atoms with Gasteiger partial charge in [-0.15, -0.1) is 0 Å². The lowest BCUT2D eigenvalue weighted by Crippen LogP contribution is -2.59. The molecule has 0 saturated heterocycles. The van der Waals surface area contributed by atoms with Gasteiger partial charge in [0.15, 0.2) is 0 Å². The van der Waals surface area contributed by atoms with Crippen LogP contribution >= 0.6 is 20.2 Å². The fourth-order valence-corrected chi connectivity index (χ4v) is 2.67. The van der Waals surface area contributed by atoms with Crippen molar-refractivity contribution in [2.45, 2.75) is 4.87 Å². The van der Waals surface area contributed by atoms with Crippen LogP contribution in [0.2, 0.25) is 0 Å². The summed E-state index contributed by atoms with van der Waals surface area (Å²) in [6, 6.07) is 0. The first-order valence-electron chi connectivity index (χ1n) is 3.57. The monoisotopic (exact) mass is 295 g/mol. The van der Waals surface area contributed by atoms with E-state index in [4.69, 9.17) is 19.4 Å². The minimum absolute atomic E-state index is 0.902. The highest BCUT2D eigenvalue weighted by Gasteiger charge is 2.50. The fraction of sp³-hybridized carbons (Fsp3) is 0.750. The molecule has 0 aromatic rings. The van der Waals surface area contributed by atoms with Crippen LogP contribution in [0.4, 0.5) is 0 Å². The molecule has 1 unspecified atom stereocenters. The van der Waals surface area contributed by atoms with Crippen LogP contribution in [0.1, 0.15) is 0 Å². The second-order valence-electron chi connectivity index (χ2n) is 2.76. The number of rotatable bonds is 6. The van der Waals surface area contributed by atoms with Gasteiger partial charge in [-0.25, -0.2) is 4.79 Å². The molecule has 5 N–H and O–H groups in total. The standard InChI is InChI=1S/C4H10NO8PS2/c6-3(7)4(1-15,16(11,12)13)5-2-14(8,9)10/h5,15H,1-2H2,(H,6,7)(H2,8,9,10)(H,11,12,13). The molecule has 1 atom stereocenters. The van der Waals surface area contributed by atoms with E-state index in [9.17, 15) is 17.8 Å². The van der Waals surface area contributed by atoms with E-state index in [2.05, 4.69) is 12.6 Å². The van der Waals surface area contributed by atoms with Crippen LogP contribution in [0, 0.1) is 0 Å². The molecule has 0 heterocycles. The van der Waals surface area contributed by atoms with Crippen molar-refractivity contribution in [1.82, 2.24) is 5.32 Å². The van der Waals surface area contributed by atoms with Gasteiger partial charge in [0, 0.05) is 5.75 Å². The van der Waals surface area contributed by atoms with Crippen LogP contribution in [-0.4, -0.2) is 50.7 Å². The smallest absolute Gasteiger partial charge is 0.343 e. The third kappa shape index (κ3) is 3.70. The maximum absolute atomic E-state index is 10.9. The second-order valence-corrected chi connectivity index (χ2v) is 6.37. The van der Waals surface area contributed by atoms with Crippen LogP contribution in [0.3, 0.4) is 0 Å². The van der Waals surface area contributed by atoms with Crippen LogP contribution in [0.5, 0.6) is 0 Å². The molecule has 0 rings (SSSR count). The van der Waals surface area contributed by atoms with Gasteiger partial charge in [0.25, 0.3) is 15.0 Å². The summed E-state index contributed by atoms with van der Waals surface area (Å²) in [5.74, 6) is -2.92. The summed E-state index contributed by atoms with van der Waals surface area (Å²) in [5, 5.41) is 10.2. The Morgan fingerprint density at radius 3 is 2.06 bits per heavy atom. The summed E-state index contributed by atoms with van der Waals surface area (Å²) in [5.41, 5.74) is 0. The highest BCUT2D eigenvalue weighted by atomic mass is 32.2. The number of aliphatic carboxylic acids is 1. The average molecular weight is 295 g/mol. The van der Waals surface area contributed by atoms with Crippen molar-refractivity contribution in [2.24, 2.45) is 0 Å². The van der Waals surface area contributed by atoms with Crippen molar-refractivity contribution in [3.63, 3.8) is 0 Å². The molecule has 0 amide bonds. The maximum atomic E-state index is 10.9. The molecule has 0 saturated carbocycles. The number of hydrogen-bond donors (Lipinski definition) is 6. The van der Waals surface area contributed by atoms with E-state index < -0.39 is 40.6 Å². The number of carboxylic acid groups (broad SMARTS) is 1. The number of nitrogens with one attached hydrogen (secondary N) is 1. The average Bonchev–Trinajstić information content (AvgIpc) is 2.00. The van der Waals surface area contributed by atoms with Crippen molar-refractivity contribution in [3.8, 4) is 0 Å². The van der Waals surface area contributed by atoms with Gasteiger partial charge in [-0.05, 0) is 0 Å². The molecule has 0 radical (unpaired) electrons. The van der Waals surface area contributed by atoms with Crippen LogP contribution in [0.25, 0.3) is 0 Å². The Morgan fingerprint density at radius 1 is 1.44 bits per heavy atom. The molecule has 0 aliphatic rings. The SMILES string of the molecule is O=C(O)C(CS)(NCP(=O)(O)O)S(=O)(=O)O. The van der Waals surface area contributed by atoms with Crippen molar-refractivity contribution in [3.05, 3.63) is 0 Å². The predicted octanol–water partition coefficient (Wildman–Crippen LogP) is -1.69. The summed E-state index contributed by atoms with van der Waals surface area (Å²) in [4.78, 5) is 24.7. The van der Waals surface area contributed by atoms with Crippen LogP contribution < -0.4 is 5.32 Å². The predicted molar refractivity (Wildman–Crippen MR) is 55.8 cm³/mol. The van der Waals surface area contributed by atoms with Gasteiger partial charge in [-0.2, -0.15) is 21.0 Å². The first-order valence-corrected chi connectivity index (χ1v) is 7.44. The molecule has 12 heteroatoms. The highest BCUT2D eigenvalue weighted by molar-refractivity contribution is 7.90. The maximum Gasteiger partial charge on any atom is 0.343 e. The van der Waals surface area contributed by atoms with Crippen molar-refractivity contribution in [2.75, 3.05) is 12.0 Å². The summed E-state index contributed by atoms with van der Waals surface area (Å²) in [6.45, 7) is 0. The van der Waals surface area contributed by atoms with E-state index in [1.807, 2.05) is 0 Å². The Balaban J connectivity index is 5.27. The molecule has 0 aromatic carbocycles. The summed E-state index contributed by atoms with van der Waals surface area (Å²) in [7, 11) is -9.80. The Hall–Kier alpha value is -0.160. The zero-order valence-corrected chi connectivity index (χ0v) is 10.2. The van der Waals surface area contributed by atoms with Gasteiger partial charge in [0.2, 0.25) is 0 Å². The van der Waals surface area contributed by atoms with E-state index in [0.29, 0.717) is 0 Å². The fourth-order valence-electron chi connectivity index (χ4n) is 0.713. The first kappa shape index (κ1) is 15.8. The van der Waals surface area contributed by atoms with Crippen molar-refractivity contribution >= 4 is 36.3 Å². The Bertz CT molecular complexity index is 414. The molecule has 0 aliphatic carbocycles. The van der Waals surface area contributed by atoms with Gasteiger partial charge in [0.1, 0.15) is 6.29 Å². The van der Waals surface area contributed by atoms with E-state index in [-0.39, 0.29) is 0 Å². The van der Waals surface area contributed by atoms with E-state index in [1.54, 1.807) is 5.32 Å². The Morgan fingerprint density at radius 2 is 1.88 bits per heavy atom. The van der Waals surface area contributed by atoms with E-state index >= 15 is 0 Å². The first-order chi connectivity index (χ1) is 6.96. The Kier molecular flexibility index (Phi) is 4.95. The molecule has 0 aromatic heterocycles. The normalized spacial score (nSPS) is 16.8. The Labute approximate surface area is 96.2 Å². The third-order valence-corrected chi connectivity index (χ3v) is 4.18. The number of carbonyl (C=O) groups is 1. The number of carboxylic acids is 1. The molecule has 16 heavy (non-hydrogen) atoms. The highest BCUT2D eigenvalue weighted by Crippen LogP contribution is 2.33. The topological polar surface area (TPSA) is 161 Å². The van der Waals surface area contributed by atoms with E-state index in [1.165, 1.54) is 0 Å². The van der Waals surface area contributed by atoms with Crippen molar-refractivity contribution < 1.29 is 37.2 Å². The quantitative estimate of drug-likeness (QED) is 0.191. The second kappa shape index (κ2) is 5.00. The lowest BCUT2D eigenvalue weighted by atomic mass is 10.3. The van der Waals surface area contributed by atoms with Gasteiger partial charge >= 0.3 is 13.6 Å². The van der Waals surface area contributed by atoms with Crippen LogP contribution in [-0.2, 0) is 19.5 Å². The lowest BCUT2D eigenvalue weighted by molar-refractivity contribution is -0.140. The van der Waals surface area contributed by atoms with Gasteiger partial charge in [-0.3, -0.25) is 14.4 Å². The molecule has 0 fully saturated rings. The van der Waals surface area contributed by atoms with E-state index in [0.717, 1.165) is 0 Å². The molecular formula is C4H10NO8PS2. The van der Waals surface area contributed by atoms with Gasteiger partial charge < -0.3 is 14.9 Å². The summed E-state index contributed by atoms with van der Waals surface area (Å²) < 4.78 is 40.9. The minimum atomic E-state index is -5.13. The lowest BCUT2D eigenvalue weighted by Gasteiger charge is -2.25. The molecule has 96 valence electrons. The molecule has 0 bridgehead atoms. The largest absolute Gasteiger partial charge is 0.479 e. The zero-order valence-electron chi connectivity index (χ0n) is 7.64. The number of hydrogen-bond acceptors (Lipinski definition) is 6. The zero-order chi connectivity index (χ0) is 13.2. The third-order valence-electron chi connectivity index (χ3n) is 1.58. The number of thiol groups is 1. The molecule has 0 spiro atoms. The molecule has 9 nitrogen and oxygen atoms in total. The molecular weight excluding hydrogens is 285 g/mol. The van der Waals surface area contributed by atoms with Gasteiger partial charge in [-0.1, -0.05) is 0 Å².